The molecule has 0 aromatic carbocycles. The summed E-state index contributed by atoms with van der Waals surface area (Å²) in [5.41, 5.74) is 10.9. The van der Waals surface area contributed by atoms with Crippen LogP contribution in [0.4, 0.5) is 17.8 Å². The number of nitrogen functional groups attached to an aromatic ring is 2. The third-order valence-corrected chi connectivity index (χ3v) is 3.21. The SMILES string of the molecule is CCCCC(CC)CNC(=O)CNc1nc(N)nc(N)n1. The lowest BCUT2D eigenvalue weighted by Crippen LogP contribution is -2.34. The smallest absolute Gasteiger partial charge is 0.239 e. The van der Waals surface area contributed by atoms with Gasteiger partial charge >= 0.3 is 0 Å². The summed E-state index contributed by atoms with van der Waals surface area (Å²) in [4.78, 5) is 23.1. The van der Waals surface area contributed by atoms with Gasteiger partial charge in [-0.3, -0.25) is 4.79 Å². The van der Waals surface area contributed by atoms with E-state index in [9.17, 15) is 4.79 Å². The molecule has 0 aliphatic carbocycles. The van der Waals surface area contributed by atoms with Crippen LogP contribution in [-0.4, -0.2) is 33.9 Å². The number of amides is 1. The van der Waals surface area contributed by atoms with E-state index in [4.69, 9.17) is 11.5 Å². The Bertz CT molecular complexity index is 432. The summed E-state index contributed by atoms with van der Waals surface area (Å²) in [6, 6.07) is 0. The van der Waals surface area contributed by atoms with Crippen molar-refractivity contribution in [1.29, 1.82) is 0 Å². The van der Waals surface area contributed by atoms with Gasteiger partial charge in [0.05, 0.1) is 6.54 Å². The van der Waals surface area contributed by atoms with Crippen LogP contribution in [-0.2, 0) is 4.79 Å². The van der Waals surface area contributed by atoms with Crippen molar-refractivity contribution >= 4 is 23.8 Å². The normalized spacial score (nSPS) is 11.9. The van der Waals surface area contributed by atoms with Crippen molar-refractivity contribution in [3.8, 4) is 0 Å². The molecule has 1 aromatic rings. The predicted octanol–water partition coefficient (Wildman–Crippen LogP) is 0.781. The van der Waals surface area contributed by atoms with Crippen LogP contribution >= 0.6 is 0 Å². The number of rotatable bonds is 9. The van der Waals surface area contributed by atoms with Crippen molar-refractivity contribution in [1.82, 2.24) is 20.3 Å². The van der Waals surface area contributed by atoms with Crippen molar-refractivity contribution in [2.75, 3.05) is 29.9 Å². The van der Waals surface area contributed by atoms with Crippen molar-refractivity contribution < 1.29 is 4.79 Å². The standard InChI is InChI=1S/C13H25N7O/c1-3-5-6-9(4-2)7-16-10(21)8-17-13-19-11(14)18-12(15)20-13/h9H,3-8H2,1-2H3,(H,16,21)(H5,14,15,17,18,19,20). The van der Waals surface area contributed by atoms with E-state index in [0.717, 1.165) is 12.8 Å². The summed E-state index contributed by atoms with van der Waals surface area (Å²) in [5, 5.41) is 5.68. The van der Waals surface area contributed by atoms with Crippen molar-refractivity contribution in [2.24, 2.45) is 5.92 Å². The van der Waals surface area contributed by atoms with Gasteiger partial charge < -0.3 is 22.1 Å². The molecule has 8 nitrogen and oxygen atoms in total. The number of nitrogens with one attached hydrogen (secondary N) is 2. The van der Waals surface area contributed by atoms with E-state index in [0.29, 0.717) is 12.5 Å². The molecule has 0 radical (unpaired) electrons. The quantitative estimate of drug-likeness (QED) is 0.529. The summed E-state index contributed by atoms with van der Waals surface area (Å²) in [6.45, 7) is 5.08. The Morgan fingerprint density at radius 3 is 2.43 bits per heavy atom. The molecule has 1 heterocycles. The van der Waals surface area contributed by atoms with Crippen LogP contribution in [0.1, 0.15) is 39.5 Å². The molecule has 0 fully saturated rings. The molecule has 0 aliphatic rings. The van der Waals surface area contributed by atoms with Gasteiger partial charge in [0.2, 0.25) is 23.8 Å². The van der Waals surface area contributed by atoms with Crippen LogP contribution in [0, 0.1) is 5.92 Å². The zero-order valence-electron chi connectivity index (χ0n) is 12.7. The molecule has 0 aliphatic heterocycles. The molecule has 8 heteroatoms. The van der Waals surface area contributed by atoms with Gasteiger partial charge in [0.15, 0.2) is 0 Å². The Balaban J connectivity index is 2.33. The summed E-state index contributed by atoms with van der Waals surface area (Å²) >= 11 is 0. The molecule has 6 N–H and O–H groups in total. The highest BCUT2D eigenvalue weighted by atomic mass is 16.1. The molecule has 1 aromatic heterocycles. The van der Waals surface area contributed by atoms with Gasteiger partial charge in [-0.15, -0.1) is 0 Å². The minimum Gasteiger partial charge on any atom is -0.368 e. The first kappa shape index (κ1) is 16.9. The van der Waals surface area contributed by atoms with Crippen LogP contribution in [0.5, 0.6) is 0 Å². The summed E-state index contributed by atoms with van der Waals surface area (Å²) in [6.07, 6.45) is 4.57. The number of nitrogens with two attached hydrogens (primary N) is 2. The number of unbranched alkanes of at least 4 members (excludes halogenated alkanes) is 1. The maximum atomic E-state index is 11.8. The van der Waals surface area contributed by atoms with Crippen molar-refractivity contribution in [3.05, 3.63) is 0 Å². The number of carbonyl (C=O) groups excluding carboxylic acids is 1. The number of aromatic nitrogens is 3. The second-order valence-corrected chi connectivity index (χ2v) is 4.95. The lowest BCUT2D eigenvalue weighted by atomic mass is 9.99. The summed E-state index contributed by atoms with van der Waals surface area (Å²) in [5.74, 6) is 0.667. The molecule has 0 bridgehead atoms. The van der Waals surface area contributed by atoms with Crippen molar-refractivity contribution in [2.45, 2.75) is 39.5 Å². The van der Waals surface area contributed by atoms with Gasteiger partial charge in [-0.2, -0.15) is 15.0 Å². The van der Waals surface area contributed by atoms with E-state index in [1.54, 1.807) is 0 Å². The van der Waals surface area contributed by atoms with Crippen molar-refractivity contribution in [3.63, 3.8) is 0 Å². The van der Waals surface area contributed by atoms with E-state index < -0.39 is 0 Å². The predicted molar refractivity (Wildman–Crippen MR) is 83.5 cm³/mol. The molecule has 1 amide bonds. The molecule has 0 spiro atoms. The van der Waals surface area contributed by atoms with E-state index >= 15 is 0 Å². The van der Waals surface area contributed by atoms with Crippen LogP contribution in [0.2, 0.25) is 0 Å². The molecule has 21 heavy (non-hydrogen) atoms. The zero-order chi connectivity index (χ0) is 15.7. The average Bonchev–Trinajstić information content (AvgIpc) is 2.44. The second-order valence-electron chi connectivity index (χ2n) is 4.95. The fraction of sp³-hybridized carbons (Fsp3) is 0.692. The van der Waals surface area contributed by atoms with Gasteiger partial charge in [0.25, 0.3) is 0 Å². The Morgan fingerprint density at radius 1 is 1.19 bits per heavy atom. The average molecular weight is 295 g/mol. The molecular weight excluding hydrogens is 270 g/mol. The third-order valence-electron chi connectivity index (χ3n) is 3.21. The van der Waals surface area contributed by atoms with Crippen LogP contribution in [0.3, 0.4) is 0 Å². The van der Waals surface area contributed by atoms with Gasteiger partial charge in [-0.1, -0.05) is 33.1 Å². The first-order valence-corrected chi connectivity index (χ1v) is 7.32. The Kier molecular flexibility index (Phi) is 7.20. The van der Waals surface area contributed by atoms with E-state index in [1.807, 2.05) is 0 Å². The molecule has 1 unspecified atom stereocenters. The number of carbonyl (C=O) groups is 1. The van der Waals surface area contributed by atoms with Gasteiger partial charge in [-0.05, 0) is 12.3 Å². The topological polar surface area (TPSA) is 132 Å². The largest absolute Gasteiger partial charge is 0.368 e. The Hall–Kier alpha value is -2.12. The monoisotopic (exact) mass is 295 g/mol. The molecule has 0 saturated heterocycles. The van der Waals surface area contributed by atoms with E-state index in [-0.39, 0.29) is 30.3 Å². The highest BCUT2D eigenvalue weighted by molar-refractivity contribution is 5.80. The lowest BCUT2D eigenvalue weighted by molar-refractivity contribution is -0.119. The molecular formula is C13H25N7O. The Labute approximate surface area is 125 Å². The number of hydrogen-bond acceptors (Lipinski definition) is 7. The fourth-order valence-corrected chi connectivity index (χ4v) is 1.91. The maximum Gasteiger partial charge on any atom is 0.239 e. The number of anilines is 3. The van der Waals surface area contributed by atoms with E-state index in [2.05, 4.69) is 39.4 Å². The number of hydrogen-bond donors (Lipinski definition) is 4. The van der Waals surface area contributed by atoms with Crippen LogP contribution in [0.15, 0.2) is 0 Å². The molecule has 118 valence electrons. The van der Waals surface area contributed by atoms with E-state index in [1.165, 1.54) is 12.8 Å². The molecule has 0 saturated carbocycles. The highest BCUT2D eigenvalue weighted by Crippen LogP contribution is 2.11. The van der Waals surface area contributed by atoms with Crippen LogP contribution in [0.25, 0.3) is 0 Å². The third kappa shape index (κ3) is 6.73. The minimum absolute atomic E-state index is 0.0241. The van der Waals surface area contributed by atoms with Gasteiger partial charge in [0, 0.05) is 6.54 Å². The van der Waals surface area contributed by atoms with Crippen LogP contribution < -0.4 is 22.1 Å². The highest BCUT2D eigenvalue weighted by Gasteiger charge is 2.09. The molecule has 1 rings (SSSR count). The number of nitrogens with zero attached hydrogens (tertiary/aromatic N) is 3. The summed E-state index contributed by atoms with van der Waals surface area (Å²) in [7, 11) is 0. The lowest BCUT2D eigenvalue weighted by Gasteiger charge is -2.15. The maximum absolute atomic E-state index is 11.8. The van der Waals surface area contributed by atoms with Gasteiger partial charge in [0.1, 0.15) is 0 Å². The fourth-order valence-electron chi connectivity index (χ4n) is 1.91. The second kappa shape index (κ2) is 8.93. The first-order valence-electron chi connectivity index (χ1n) is 7.32. The minimum atomic E-state index is -0.109. The zero-order valence-corrected chi connectivity index (χ0v) is 12.7. The molecule has 1 atom stereocenters. The summed E-state index contributed by atoms with van der Waals surface area (Å²) < 4.78 is 0. The van der Waals surface area contributed by atoms with Gasteiger partial charge in [-0.25, -0.2) is 0 Å². The first-order chi connectivity index (χ1) is 10.0. The Morgan fingerprint density at radius 2 is 1.86 bits per heavy atom.